The molecule has 1 N–H and O–H groups in total. The van der Waals surface area contributed by atoms with Gasteiger partial charge < -0.3 is 15.0 Å². The Hall–Kier alpha value is -3.22. The van der Waals surface area contributed by atoms with E-state index in [9.17, 15) is 4.79 Å². The zero-order valence-electron chi connectivity index (χ0n) is 17.4. The minimum atomic E-state index is -0.0418. The number of piperidine rings is 1. The van der Waals surface area contributed by atoms with Gasteiger partial charge in [0.15, 0.2) is 5.65 Å². The number of benzene rings is 1. The molecule has 1 atom stereocenters. The molecule has 7 heteroatoms. The van der Waals surface area contributed by atoms with Gasteiger partial charge >= 0.3 is 0 Å². The fourth-order valence-electron chi connectivity index (χ4n) is 3.74. The third-order valence-electron chi connectivity index (χ3n) is 5.23. The molecule has 0 aliphatic carbocycles. The standard InChI is InChI=1S/C23H27N5O2/c1-16(2)30-20-7-5-17(6-8-20)13-27-23(29)18-4-3-11-28(15-18)19-12-21-22(26-14-19)25-10-9-24-21/h5-10,12,14,16,18H,3-4,11,13,15H2,1-2H3,(H,27,29)/t18-/m1/s1. The summed E-state index contributed by atoms with van der Waals surface area (Å²) in [5, 5.41) is 3.09. The maximum Gasteiger partial charge on any atom is 0.225 e. The van der Waals surface area contributed by atoms with E-state index in [1.807, 2.05) is 50.4 Å². The van der Waals surface area contributed by atoms with E-state index in [0.29, 0.717) is 18.7 Å². The lowest BCUT2D eigenvalue weighted by Gasteiger charge is -2.33. The zero-order chi connectivity index (χ0) is 20.9. The van der Waals surface area contributed by atoms with Crippen LogP contribution in [0.4, 0.5) is 5.69 Å². The number of ether oxygens (including phenoxy) is 1. The largest absolute Gasteiger partial charge is 0.491 e. The lowest BCUT2D eigenvalue weighted by Crippen LogP contribution is -2.43. The van der Waals surface area contributed by atoms with E-state index in [1.54, 1.807) is 12.4 Å². The summed E-state index contributed by atoms with van der Waals surface area (Å²) in [6.45, 7) is 6.12. The van der Waals surface area contributed by atoms with Crippen LogP contribution in [0, 0.1) is 5.92 Å². The molecule has 4 rings (SSSR count). The van der Waals surface area contributed by atoms with E-state index in [1.165, 1.54) is 0 Å². The summed E-state index contributed by atoms with van der Waals surface area (Å²) >= 11 is 0. The highest BCUT2D eigenvalue weighted by atomic mass is 16.5. The van der Waals surface area contributed by atoms with Gasteiger partial charge in [0.25, 0.3) is 0 Å². The van der Waals surface area contributed by atoms with Crippen LogP contribution >= 0.6 is 0 Å². The Balaban J connectivity index is 1.35. The van der Waals surface area contributed by atoms with E-state index in [-0.39, 0.29) is 17.9 Å². The number of nitrogens with one attached hydrogen (secondary N) is 1. The van der Waals surface area contributed by atoms with Gasteiger partial charge in [-0.25, -0.2) is 9.97 Å². The van der Waals surface area contributed by atoms with Crippen molar-refractivity contribution in [2.24, 2.45) is 5.92 Å². The first kappa shape index (κ1) is 20.1. The lowest BCUT2D eigenvalue weighted by atomic mass is 9.96. The SMILES string of the molecule is CC(C)Oc1ccc(CNC(=O)[C@@H]2CCCN(c3cnc4nccnc4c3)C2)cc1. The van der Waals surface area contributed by atoms with Gasteiger partial charge in [0.05, 0.1) is 23.9 Å². The molecular formula is C23H27N5O2. The van der Waals surface area contributed by atoms with Gasteiger partial charge in [0.2, 0.25) is 5.91 Å². The molecule has 0 bridgehead atoms. The van der Waals surface area contributed by atoms with Crippen LogP contribution in [0.3, 0.4) is 0 Å². The fourth-order valence-corrected chi connectivity index (χ4v) is 3.74. The van der Waals surface area contributed by atoms with Crippen LogP contribution in [0.25, 0.3) is 11.2 Å². The van der Waals surface area contributed by atoms with Crippen LogP contribution in [0.1, 0.15) is 32.3 Å². The summed E-state index contributed by atoms with van der Waals surface area (Å²) in [7, 11) is 0. The van der Waals surface area contributed by atoms with Gasteiger partial charge in [0, 0.05) is 32.0 Å². The molecule has 2 aromatic heterocycles. The number of carbonyl (C=O) groups excluding carboxylic acids is 1. The Bertz CT molecular complexity index is 1010. The number of fused-ring (bicyclic) bond motifs is 1. The lowest BCUT2D eigenvalue weighted by molar-refractivity contribution is -0.125. The fraction of sp³-hybridized carbons (Fsp3) is 0.391. The van der Waals surface area contributed by atoms with Crippen LogP contribution in [-0.4, -0.2) is 40.1 Å². The molecule has 3 heterocycles. The Kier molecular flexibility index (Phi) is 6.07. The second-order valence-electron chi connectivity index (χ2n) is 7.91. The van der Waals surface area contributed by atoms with Crippen molar-refractivity contribution >= 4 is 22.8 Å². The molecule has 1 aromatic carbocycles. The second kappa shape index (κ2) is 9.07. The summed E-state index contributed by atoms with van der Waals surface area (Å²) < 4.78 is 5.66. The minimum absolute atomic E-state index is 0.0418. The molecule has 1 aliphatic rings. The highest BCUT2D eigenvalue weighted by molar-refractivity contribution is 5.80. The summed E-state index contributed by atoms with van der Waals surface area (Å²) in [5.74, 6) is 0.896. The number of amides is 1. The average Bonchev–Trinajstić information content (AvgIpc) is 2.78. The average molecular weight is 406 g/mol. The van der Waals surface area contributed by atoms with Gasteiger partial charge in [-0.05, 0) is 50.5 Å². The Morgan fingerprint density at radius 1 is 1.20 bits per heavy atom. The van der Waals surface area contributed by atoms with Gasteiger partial charge in [-0.3, -0.25) is 9.78 Å². The molecule has 30 heavy (non-hydrogen) atoms. The van der Waals surface area contributed by atoms with E-state index >= 15 is 0 Å². The zero-order valence-corrected chi connectivity index (χ0v) is 17.4. The van der Waals surface area contributed by atoms with Crippen molar-refractivity contribution in [2.45, 2.75) is 39.3 Å². The Morgan fingerprint density at radius 3 is 2.80 bits per heavy atom. The number of rotatable bonds is 6. The molecule has 3 aromatic rings. The van der Waals surface area contributed by atoms with Gasteiger partial charge in [0.1, 0.15) is 11.3 Å². The molecular weight excluding hydrogens is 378 g/mol. The van der Waals surface area contributed by atoms with Crippen LogP contribution in [-0.2, 0) is 11.3 Å². The first-order chi connectivity index (χ1) is 14.6. The van der Waals surface area contributed by atoms with Crippen LogP contribution in [0.5, 0.6) is 5.75 Å². The molecule has 156 valence electrons. The van der Waals surface area contributed by atoms with Crippen molar-refractivity contribution < 1.29 is 9.53 Å². The van der Waals surface area contributed by atoms with Crippen molar-refractivity contribution in [3.8, 4) is 5.75 Å². The third kappa shape index (κ3) is 4.84. The van der Waals surface area contributed by atoms with E-state index < -0.39 is 0 Å². The quantitative estimate of drug-likeness (QED) is 0.677. The number of aromatic nitrogens is 3. The van der Waals surface area contributed by atoms with Gasteiger partial charge in [-0.15, -0.1) is 0 Å². The smallest absolute Gasteiger partial charge is 0.225 e. The number of anilines is 1. The molecule has 0 spiro atoms. The summed E-state index contributed by atoms with van der Waals surface area (Å²) in [6.07, 6.45) is 7.14. The van der Waals surface area contributed by atoms with E-state index in [0.717, 1.165) is 41.9 Å². The Labute approximate surface area is 176 Å². The number of nitrogens with zero attached hydrogens (tertiary/aromatic N) is 4. The molecule has 0 unspecified atom stereocenters. The van der Waals surface area contributed by atoms with Gasteiger partial charge in [-0.1, -0.05) is 12.1 Å². The van der Waals surface area contributed by atoms with Gasteiger partial charge in [-0.2, -0.15) is 0 Å². The topological polar surface area (TPSA) is 80.2 Å². The Morgan fingerprint density at radius 2 is 2.00 bits per heavy atom. The predicted octanol–water partition coefficient (Wildman–Crippen LogP) is 3.34. The number of hydrogen-bond donors (Lipinski definition) is 1. The number of hydrogen-bond acceptors (Lipinski definition) is 6. The van der Waals surface area contributed by atoms with E-state index in [4.69, 9.17) is 4.74 Å². The minimum Gasteiger partial charge on any atom is -0.491 e. The van der Waals surface area contributed by atoms with Crippen molar-refractivity contribution in [2.75, 3.05) is 18.0 Å². The highest BCUT2D eigenvalue weighted by Crippen LogP contribution is 2.24. The predicted molar refractivity (Wildman–Crippen MR) is 116 cm³/mol. The monoisotopic (exact) mass is 405 g/mol. The van der Waals surface area contributed by atoms with Crippen LogP contribution in [0.2, 0.25) is 0 Å². The summed E-state index contributed by atoms with van der Waals surface area (Å²) in [6, 6.07) is 9.87. The normalized spacial score (nSPS) is 16.6. The maximum absolute atomic E-state index is 12.8. The van der Waals surface area contributed by atoms with Crippen molar-refractivity contribution in [3.63, 3.8) is 0 Å². The van der Waals surface area contributed by atoms with Crippen LogP contribution in [0.15, 0.2) is 48.9 Å². The maximum atomic E-state index is 12.8. The van der Waals surface area contributed by atoms with E-state index in [2.05, 4.69) is 25.2 Å². The second-order valence-corrected chi connectivity index (χ2v) is 7.91. The highest BCUT2D eigenvalue weighted by Gasteiger charge is 2.26. The molecule has 1 fully saturated rings. The number of carbonyl (C=O) groups is 1. The summed E-state index contributed by atoms with van der Waals surface area (Å²) in [4.78, 5) is 27.9. The third-order valence-corrected chi connectivity index (χ3v) is 5.23. The molecule has 0 saturated carbocycles. The first-order valence-corrected chi connectivity index (χ1v) is 10.4. The summed E-state index contributed by atoms with van der Waals surface area (Å²) in [5.41, 5.74) is 3.45. The molecule has 7 nitrogen and oxygen atoms in total. The number of pyridine rings is 1. The van der Waals surface area contributed by atoms with Crippen molar-refractivity contribution in [1.29, 1.82) is 0 Å². The molecule has 0 radical (unpaired) electrons. The first-order valence-electron chi connectivity index (χ1n) is 10.4. The molecule has 1 aliphatic heterocycles. The van der Waals surface area contributed by atoms with Crippen LogP contribution < -0.4 is 15.0 Å². The van der Waals surface area contributed by atoms with Crippen molar-refractivity contribution in [1.82, 2.24) is 20.3 Å². The molecule has 1 saturated heterocycles. The van der Waals surface area contributed by atoms with Crippen molar-refractivity contribution in [3.05, 3.63) is 54.5 Å². The molecule has 1 amide bonds.